The zero-order valence-corrected chi connectivity index (χ0v) is 10.3. The fourth-order valence-corrected chi connectivity index (χ4v) is 1.55. The topological polar surface area (TPSA) is 43.4 Å². The van der Waals surface area contributed by atoms with Crippen molar-refractivity contribution in [2.24, 2.45) is 0 Å². The van der Waals surface area contributed by atoms with Crippen molar-refractivity contribution in [2.75, 3.05) is 6.61 Å². The summed E-state index contributed by atoms with van der Waals surface area (Å²) in [5.41, 5.74) is 0. The van der Waals surface area contributed by atoms with E-state index in [4.69, 9.17) is 0 Å². The maximum atomic E-state index is 11.3. The van der Waals surface area contributed by atoms with E-state index in [1.165, 1.54) is 0 Å². The van der Waals surface area contributed by atoms with Gasteiger partial charge in [0.1, 0.15) is 0 Å². The van der Waals surface area contributed by atoms with E-state index in [1.54, 1.807) is 6.92 Å². The molecule has 0 saturated carbocycles. The lowest BCUT2D eigenvalue weighted by atomic mass is 10.1. The van der Waals surface area contributed by atoms with Gasteiger partial charge in [-0.05, 0) is 13.3 Å². The second-order valence-electron chi connectivity index (χ2n) is 3.05. The molecule has 0 aromatic heterocycles. The molecule has 0 aromatic rings. The van der Waals surface area contributed by atoms with Gasteiger partial charge in [0.2, 0.25) is 0 Å². The van der Waals surface area contributed by atoms with Gasteiger partial charge in [-0.3, -0.25) is 4.79 Å². The molecule has 0 aliphatic carbocycles. The monoisotopic (exact) mass is 264 g/mol. The van der Waals surface area contributed by atoms with E-state index >= 15 is 0 Å². The van der Waals surface area contributed by atoms with Crippen molar-refractivity contribution < 1.29 is 14.3 Å². The number of hydrogen-bond acceptors (Lipinski definition) is 3. The third kappa shape index (κ3) is 5.37. The van der Waals surface area contributed by atoms with Crippen LogP contribution >= 0.6 is 15.9 Å². The first-order chi connectivity index (χ1) is 6.63. The molecule has 0 aliphatic heterocycles. The maximum Gasteiger partial charge on any atom is 0.375 e. The number of ketones is 1. The highest BCUT2D eigenvalue weighted by molar-refractivity contribution is 9.10. The van der Waals surface area contributed by atoms with Crippen LogP contribution in [0.4, 0.5) is 0 Å². The molecule has 0 radical (unpaired) electrons. The molecule has 1 atom stereocenters. The van der Waals surface area contributed by atoms with Gasteiger partial charge in [0.15, 0.2) is 0 Å². The Morgan fingerprint density at radius 1 is 1.29 bits per heavy atom. The van der Waals surface area contributed by atoms with Gasteiger partial charge in [-0.15, -0.1) is 0 Å². The molecule has 0 rings (SSSR count). The van der Waals surface area contributed by atoms with E-state index in [2.05, 4.69) is 27.6 Å². The Hall–Kier alpha value is -0.380. The Morgan fingerprint density at radius 2 is 1.93 bits per heavy atom. The van der Waals surface area contributed by atoms with Crippen LogP contribution in [0, 0.1) is 0 Å². The predicted octanol–water partition coefficient (Wildman–Crippen LogP) is 2.46. The minimum Gasteiger partial charge on any atom is -0.460 e. The molecule has 14 heavy (non-hydrogen) atoms. The molecule has 0 amide bonds. The van der Waals surface area contributed by atoms with Crippen LogP contribution in [-0.4, -0.2) is 23.2 Å². The summed E-state index contributed by atoms with van der Waals surface area (Å²) in [6.07, 6.45) is 3.84. The molecular formula is C10H17BrO3. The van der Waals surface area contributed by atoms with Gasteiger partial charge in [-0.25, -0.2) is 4.79 Å². The van der Waals surface area contributed by atoms with Crippen LogP contribution in [0.1, 0.15) is 39.5 Å². The van der Waals surface area contributed by atoms with E-state index in [-0.39, 0.29) is 11.4 Å². The van der Waals surface area contributed by atoms with Crippen LogP contribution in [0.5, 0.6) is 0 Å². The largest absolute Gasteiger partial charge is 0.460 e. The number of carbonyl (C=O) groups is 2. The molecular weight excluding hydrogens is 248 g/mol. The number of esters is 1. The fraction of sp³-hybridized carbons (Fsp3) is 0.800. The smallest absolute Gasteiger partial charge is 0.375 e. The van der Waals surface area contributed by atoms with Crippen LogP contribution in [0.2, 0.25) is 0 Å². The first-order valence-electron chi connectivity index (χ1n) is 4.98. The third-order valence-corrected chi connectivity index (χ3v) is 2.70. The van der Waals surface area contributed by atoms with E-state index < -0.39 is 11.8 Å². The third-order valence-electron chi connectivity index (χ3n) is 1.82. The van der Waals surface area contributed by atoms with E-state index in [9.17, 15) is 9.59 Å². The fourth-order valence-electron chi connectivity index (χ4n) is 1.03. The lowest BCUT2D eigenvalue weighted by Gasteiger charge is -2.06. The van der Waals surface area contributed by atoms with Gasteiger partial charge in [0.25, 0.3) is 5.78 Å². The van der Waals surface area contributed by atoms with Crippen molar-refractivity contribution in [3.8, 4) is 0 Å². The Labute approximate surface area is 93.3 Å². The summed E-state index contributed by atoms with van der Waals surface area (Å²) in [5.74, 6) is -1.20. The molecule has 0 bridgehead atoms. The Bertz CT molecular complexity index is 192. The number of carbonyl (C=O) groups excluding carboxylic acids is 2. The number of alkyl halides is 1. The summed E-state index contributed by atoms with van der Waals surface area (Å²) in [6.45, 7) is 4.03. The molecule has 82 valence electrons. The van der Waals surface area contributed by atoms with Crippen LogP contribution in [-0.2, 0) is 14.3 Å². The first-order valence-corrected chi connectivity index (χ1v) is 5.90. The van der Waals surface area contributed by atoms with Crippen LogP contribution < -0.4 is 0 Å². The number of rotatable bonds is 7. The summed E-state index contributed by atoms with van der Waals surface area (Å²) in [5, 5.41) is 0. The van der Waals surface area contributed by atoms with Crippen molar-refractivity contribution in [2.45, 2.75) is 44.4 Å². The Balaban J connectivity index is 3.80. The summed E-state index contributed by atoms with van der Waals surface area (Å²) in [6, 6.07) is 0. The molecule has 0 N–H and O–H groups in total. The van der Waals surface area contributed by atoms with E-state index in [0.29, 0.717) is 6.42 Å². The van der Waals surface area contributed by atoms with Gasteiger partial charge >= 0.3 is 5.97 Å². The highest BCUT2D eigenvalue weighted by atomic mass is 79.9. The molecule has 0 saturated heterocycles. The predicted molar refractivity (Wildman–Crippen MR) is 58.5 cm³/mol. The molecule has 0 aliphatic rings. The zero-order chi connectivity index (χ0) is 11.0. The second kappa shape index (κ2) is 7.97. The molecule has 4 heteroatoms. The van der Waals surface area contributed by atoms with E-state index in [1.807, 2.05) is 0 Å². The summed E-state index contributed by atoms with van der Waals surface area (Å²) in [4.78, 5) is 21.9. The van der Waals surface area contributed by atoms with Gasteiger partial charge in [-0.2, -0.15) is 0 Å². The molecule has 1 unspecified atom stereocenters. The van der Waals surface area contributed by atoms with Crippen LogP contribution in [0.3, 0.4) is 0 Å². The van der Waals surface area contributed by atoms with Crippen LogP contribution in [0.25, 0.3) is 0 Å². The molecule has 3 nitrogen and oxygen atoms in total. The van der Waals surface area contributed by atoms with Gasteiger partial charge < -0.3 is 4.74 Å². The minimum absolute atomic E-state index is 0.249. The lowest BCUT2D eigenvalue weighted by Crippen LogP contribution is -2.26. The first kappa shape index (κ1) is 13.6. The lowest BCUT2D eigenvalue weighted by molar-refractivity contribution is -0.153. The number of Topliss-reactive ketones (excluding diaryl/α,β-unsaturated/α-hetero) is 1. The zero-order valence-electron chi connectivity index (χ0n) is 8.72. The molecule has 0 fully saturated rings. The minimum atomic E-state index is -0.731. The highest BCUT2D eigenvalue weighted by Crippen LogP contribution is 2.12. The van der Waals surface area contributed by atoms with Crippen molar-refractivity contribution >= 4 is 27.7 Å². The second-order valence-corrected chi connectivity index (χ2v) is 4.15. The summed E-state index contributed by atoms with van der Waals surface area (Å²) >= 11 is 3.19. The van der Waals surface area contributed by atoms with Gasteiger partial charge in [0.05, 0.1) is 11.4 Å². The number of hydrogen-bond donors (Lipinski definition) is 0. The maximum absolute atomic E-state index is 11.3. The van der Waals surface area contributed by atoms with Gasteiger partial charge in [-0.1, -0.05) is 42.1 Å². The normalized spacial score (nSPS) is 12.2. The van der Waals surface area contributed by atoms with Crippen molar-refractivity contribution in [3.63, 3.8) is 0 Å². The Kier molecular flexibility index (Phi) is 7.76. The molecule has 0 heterocycles. The highest BCUT2D eigenvalue weighted by Gasteiger charge is 2.23. The average Bonchev–Trinajstić information content (AvgIpc) is 2.17. The van der Waals surface area contributed by atoms with Gasteiger partial charge in [0, 0.05) is 0 Å². The quantitative estimate of drug-likeness (QED) is 0.307. The van der Waals surface area contributed by atoms with E-state index in [0.717, 1.165) is 19.3 Å². The van der Waals surface area contributed by atoms with Crippen molar-refractivity contribution in [3.05, 3.63) is 0 Å². The number of halogens is 1. The van der Waals surface area contributed by atoms with Crippen molar-refractivity contribution in [1.29, 1.82) is 0 Å². The molecule has 0 aromatic carbocycles. The Morgan fingerprint density at radius 3 is 2.43 bits per heavy atom. The summed E-state index contributed by atoms with van der Waals surface area (Å²) in [7, 11) is 0. The van der Waals surface area contributed by atoms with Crippen LogP contribution in [0.15, 0.2) is 0 Å². The average molecular weight is 265 g/mol. The standard InChI is InChI=1S/C10H17BrO3/c1-3-5-6-7-8(11)9(12)10(13)14-4-2/h8H,3-7H2,1-2H3. The van der Waals surface area contributed by atoms with Crippen molar-refractivity contribution in [1.82, 2.24) is 0 Å². The summed E-state index contributed by atoms with van der Waals surface area (Å²) < 4.78 is 4.61. The number of ether oxygens (including phenoxy) is 1. The molecule has 0 spiro atoms. The number of unbranched alkanes of at least 4 members (excludes halogenated alkanes) is 2. The SMILES string of the molecule is CCCCCC(Br)C(=O)C(=O)OCC.